The number of fused-ring (bicyclic) bond motifs is 2. The Morgan fingerprint density at radius 2 is 1.95 bits per heavy atom. The Balaban J connectivity index is 1.44. The van der Waals surface area contributed by atoms with Gasteiger partial charge in [0.05, 0.1) is 0 Å². The lowest BCUT2D eigenvalue weighted by atomic mass is 9.93. The number of aromatic nitrogens is 1. The average molecular weight is 264 g/mol. The molecule has 2 nitrogen and oxygen atoms in total. The molecule has 2 aliphatic rings. The molecule has 2 bridgehead atoms. The zero-order valence-electron chi connectivity index (χ0n) is 11.6. The van der Waals surface area contributed by atoms with E-state index < -0.39 is 0 Å². The van der Waals surface area contributed by atoms with Crippen LogP contribution in [0.3, 0.4) is 0 Å². The van der Waals surface area contributed by atoms with Crippen LogP contribution in [0, 0.1) is 17.8 Å². The lowest BCUT2D eigenvalue weighted by molar-refractivity contribution is 0.472. The van der Waals surface area contributed by atoms with Crippen LogP contribution in [0.4, 0.5) is 5.69 Å². The van der Waals surface area contributed by atoms with Crippen LogP contribution < -0.4 is 5.32 Å². The zero-order chi connectivity index (χ0) is 13.4. The summed E-state index contributed by atoms with van der Waals surface area (Å²) in [7, 11) is 0. The Labute approximate surface area is 120 Å². The van der Waals surface area contributed by atoms with Crippen molar-refractivity contribution in [3.05, 3.63) is 60.9 Å². The smallest absolute Gasteiger partial charge is 0.0469 e. The Morgan fingerprint density at radius 3 is 2.70 bits per heavy atom. The van der Waals surface area contributed by atoms with Gasteiger partial charge in [-0.2, -0.15) is 0 Å². The standard InChI is InChI=1S/C18H20N2/c1-2-9-20(8-1)18-5-3-4-17(12-18)19-13-16-11-14-6-7-15(16)10-14/h1-9,12,14-16,19H,10-11,13H2. The molecule has 0 radical (unpaired) electrons. The van der Waals surface area contributed by atoms with Gasteiger partial charge >= 0.3 is 0 Å². The normalized spacial score (nSPS) is 27.1. The minimum absolute atomic E-state index is 0.820. The van der Waals surface area contributed by atoms with Crippen LogP contribution in [-0.2, 0) is 0 Å². The van der Waals surface area contributed by atoms with Crippen molar-refractivity contribution in [2.45, 2.75) is 12.8 Å². The number of allylic oxidation sites excluding steroid dienone is 2. The van der Waals surface area contributed by atoms with Gasteiger partial charge < -0.3 is 9.88 Å². The second-order valence-corrected chi connectivity index (χ2v) is 6.06. The number of anilines is 1. The van der Waals surface area contributed by atoms with E-state index in [0.717, 1.165) is 24.3 Å². The summed E-state index contributed by atoms with van der Waals surface area (Å²) in [5, 5.41) is 3.63. The molecule has 0 spiro atoms. The third-order valence-electron chi connectivity index (χ3n) is 4.73. The molecule has 1 aromatic carbocycles. The van der Waals surface area contributed by atoms with Crippen LogP contribution in [0.15, 0.2) is 60.9 Å². The molecule has 0 amide bonds. The fourth-order valence-corrected chi connectivity index (χ4v) is 3.66. The van der Waals surface area contributed by atoms with Crippen molar-refractivity contribution in [2.75, 3.05) is 11.9 Å². The highest BCUT2D eigenvalue weighted by atomic mass is 14.9. The molecular weight excluding hydrogens is 244 g/mol. The predicted octanol–water partition coefficient (Wildman–Crippen LogP) is 4.10. The summed E-state index contributed by atoms with van der Waals surface area (Å²) < 4.78 is 2.14. The Kier molecular flexibility index (Phi) is 2.87. The van der Waals surface area contributed by atoms with Gasteiger partial charge in [-0.3, -0.25) is 0 Å². The fourth-order valence-electron chi connectivity index (χ4n) is 3.66. The monoisotopic (exact) mass is 264 g/mol. The average Bonchev–Trinajstić information content (AvgIpc) is 3.22. The van der Waals surface area contributed by atoms with Gasteiger partial charge in [0.25, 0.3) is 0 Å². The van der Waals surface area contributed by atoms with E-state index in [-0.39, 0.29) is 0 Å². The molecule has 1 N–H and O–H groups in total. The molecule has 0 aliphatic heterocycles. The molecule has 3 unspecified atom stereocenters. The van der Waals surface area contributed by atoms with E-state index in [9.17, 15) is 0 Å². The lowest BCUT2D eigenvalue weighted by Crippen LogP contribution is -2.18. The summed E-state index contributed by atoms with van der Waals surface area (Å²) in [6, 6.07) is 12.8. The first-order chi connectivity index (χ1) is 9.88. The number of benzene rings is 1. The summed E-state index contributed by atoms with van der Waals surface area (Å²) in [5.74, 6) is 2.50. The van der Waals surface area contributed by atoms with Crippen LogP contribution in [-0.4, -0.2) is 11.1 Å². The molecule has 1 saturated carbocycles. The van der Waals surface area contributed by atoms with E-state index in [1.165, 1.54) is 24.2 Å². The highest BCUT2D eigenvalue weighted by molar-refractivity contribution is 5.51. The summed E-state index contributed by atoms with van der Waals surface area (Å²) >= 11 is 0. The maximum Gasteiger partial charge on any atom is 0.0469 e. The zero-order valence-corrected chi connectivity index (χ0v) is 11.6. The second-order valence-electron chi connectivity index (χ2n) is 6.06. The molecule has 2 aliphatic carbocycles. The van der Waals surface area contributed by atoms with E-state index in [2.05, 4.69) is 70.8 Å². The van der Waals surface area contributed by atoms with Crippen LogP contribution >= 0.6 is 0 Å². The van der Waals surface area contributed by atoms with Gasteiger partial charge in [-0.05, 0) is 60.9 Å². The predicted molar refractivity (Wildman–Crippen MR) is 83.1 cm³/mol. The third kappa shape index (κ3) is 2.15. The molecule has 2 aromatic rings. The molecule has 1 fully saturated rings. The van der Waals surface area contributed by atoms with E-state index in [4.69, 9.17) is 0 Å². The molecule has 0 saturated heterocycles. The first kappa shape index (κ1) is 11.8. The van der Waals surface area contributed by atoms with Crippen LogP contribution in [0.25, 0.3) is 5.69 Å². The van der Waals surface area contributed by atoms with E-state index in [0.29, 0.717) is 0 Å². The van der Waals surface area contributed by atoms with Crippen LogP contribution in [0.2, 0.25) is 0 Å². The molecule has 3 atom stereocenters. The Bertz CT molecular complexity index is 612. The van der Waals surface area contributed by atoms with Gasteiger partial charge in [0.15, 0.2) is 0 Å². The van der Waals surface area contributed by atoms with Crippen molar-refractivity contribution in [1.82, 2.24) is 4.57 Å². The summed E-state index contributed by atoms with van der Waals surface area (Å²) in [6.07, 6.45) is 11.8. The van der Waals surface area contributed by atoms with Gasteiger partial charge in [0.1, 0.15) is 0 Å². The topological polar surface area (TPSA) is 17.0 Å². The lowest BCUT2D eigenvalue weighted by Gasteiger charge is -2.19. The number of rotatable bonds is 4. The Morgan fingerprint density at radius 1 is 1.05 bits per heavy atom. The molecule has 2 heteroatoms. The van der Waals surface area contributed by atoms with Crippen molar-refractivity contribution < 1.29 is 0 Å². The fraction of sp³-hybridized carbons (Fsp3) is 0.333. The maximum atomic E-state index is 3.63. The SMILES string of the molecule is C1=CC2CC1CC2CNc1cccc(-n2cccc2)c1. The van der Waals surface area contributed by atoms with E-state index in [1.807, 2.05) is 0 Å². The van der Waals surface area contributed by atoms with Crippen LogP contribution in [0.1, 0.15) is 12.8 Å². The number of hydrogen-bond acceptors (Lipinski definition) is 1. The van der Waals surface area contributed by atoms with Gasteiger partial charge in [-0.25, -0.2) is 0 Å². The second kappa shape index (κ2) is 4.86. The highest BCUT2D eigenvalue weighted by Gasteiger charge is 2.35. The summed E-state index contributed by atoms with van der Waals surface area (Å²) in [5.41, 5.74) is 2.44. The molecule has 1 aromatic heterocycles. The van der Waals surface area contributed by atoms with Crippen LogP contribution in [0.5, 0.6) is 0 Å². The van der Waals surface area contributed by atoms with E-state index in [1.54, 1.807) is 0 Å². The third-order valence-corrected chi connectivity index (χ3v) is 4.73. The molecule has 4 rings (SSSR count). The van der Waals surface area contributed by atoms with Crippen molar-refractivity contribution >= 4 is 5.69 Å². The molecule has 1 heterocycles. The van der Waals surface area contributed by atoms with Crippen molar-refractivity contribution in [1.29, 1.82) is 0 Å². The first-order valence-electron chi connectivity index (χ1n) is 7.54. The molecular formula is C18H20N2. The van der Waals surface area contributed by atoms with Crippen molar-refractivity contribution in [3.63, 3.8) is 0 Å². The first-order valence-corrected chi connectivity index (χ1v) is 7.54. The largest absolute Gasteiger partial charge is 0.385 e. The molecule has 20 heavy (non-hydrogen) atoms. The summed E-state index contributed by atoms with van der Waals surface area (Å²) in [6.45, 7) is 1.10. The van der Waals surface area contributed by atoms with Gasteiger partial charge in [0.2, 0.25) is 0 Å². The number of nitrogens with one attached hydrogen (secondary N) is 1. The highest BCUT2D eigenvalue weighted by Crippen LogP contribution is 2.43. The number of hydrogen-bond donors (Lipinski definition) is 1. The van der Waals surface area contributed by atoms with E-state index >= 15 is 0 Å². The minimum atomic E-state index is 0.820. The minimum Gasteiger partial charge on any atom is -0.385 e. The number of nitrogens with zero attached hydrogens (tertiary/aromatic N) is 1. The molecule has 102 valence electrons. The van der Waals surface area contributed by atoms with Gasteiger partial charge in [-0.1, -0.05) is 18.2 Å². The maximum absolute atomic E-state index is 3.63. The summed E-state index contributed by atoms with van der Waals surface area (Å²) in [4.78, 5) is 0. The van der Waals surface area contributed by atoms with Crippen molar-refractivity contribution in [3.8, 4) is 5.69 Å². The van der Waals surface area contributed by atoms with Gasteiger partial charge in [0, 0.05) is 30.3 Å². The van der Waals surface area contributed by atoms with Gasteiger partial charge in [-0.15, -0.1) is 0 Å². The quantitative estimate of drug-likeness (QED) is 0.823. The van der Waals surface area contributed by atoms with Crippen molar-refractivity contribution in [2.24, 2.45) is 17.8 Å². The Hall–Kier alpha value is -1.96.